The molecule has 1 aromatic carbocycles. The third kappa shape index (κ3) is 4.73. The molecule has 3 aromatic rings. The van der Waals surface area contributed by atoms with Gasteiger partial charge in [0.25, 0.3) is 0 Å². The van der Waals surface area contributed by atoms with Gasteiger partial charge in [0.1, 0.15) is 17.3 Å². The van der Waals surface area contributed by atoms with Gasteiger partial charge in [-0.2, -0.15) is 5.10 Å². The molecule has 0 spiro atoms. The van der Waals surface area contributed by atoms with Crippen molar-refractivity contribution in [1.29, 1.82) is 0 Å². The molecule has 3 rings (SSSR count). The molecule has 2 heterocycles. The van der Waals surface area contributed by atoms with E-state index in [1.807, 2.05) is 69.2 Å². The maximum atomic E-state index is 12.3. The maximum absolute atomic E-state index is 12.3. The summed E-state index contributed by atoms with van der Waals surface area (Å²) in [5, 5.41) is 12.7. The number of anilines is 1. The Labute approximate surface area is 158 Å². The molecule has 142 valence electrons. The number of urea groups is 1. The number of aryl methyl sites for hydroxylation is 2. The van der Waals surface area contributed by atoms with Crippen LogP contribution in [-0.2, 0) is 0 Å². The van der Waals surface area contributed by atoms with Gasteiger partial charge in [-0.15, -0.1) is 0 Å². The van der Waals surface area contributed by atoms with Crippen LogP contribution in [0.3, 0.4) is 0 Å². The van der Waals surface area contributed by atoms with Crippen LogP contribution in [0.15, 0.2) is 40.8 Å². The number of carbonyl (C=O) groups excluding carboxylic acids is 1. The Morgan fingerprint density at radius 1 is 1.26 bits per heavy atom. The number of hydrogen-bond acceptors (Lipinski definition) is 5. The number of rotatable bonds is 6. The van der Waals surface area contributed by atoms with E-state index in [4.69, 9.17) is 4.42 Å². The minimum absolute atomic E-state index is 0.0491. The standard InChI is InChI=1S/C19H24N6O2/c1-12-8-9-17(27-12)16(25(3)4)11-20-19(26)22-15-7-5-6-14(10-15)18-21-13(2)23-24-18/h5-10,16H,11H2,1-4H3,(H2,20,22,26)(H,21,23,24)/t16-/m0/s1. The molecular formula is C19H24N6O2. The Kier molecular flexibility index (Phi) is 5.56. The molecule has 2 aromatic heterocycles. The number of nitrogens with one attached hydrogen (secondary N) is 3. The molecule has 0 bridgehead atoms. The summed E-state index contributed by atoms with van der Waals surface area (Å²) >= 11 is 0. The quantitative estimate of drug-likeness (QED) is 0.621. The molecule has 0 saturated heterocycles. The average molecular weight is 368 g/mol. The Morgan fingerprint density at radius 2 is 2.07 bits per heavy atom. The highest BCUT2D eigenvalue weighted by Crippen LogP contribution is 2.21. The van der Waals surface area contributed by atoms with Crippen LogP contribution in [0.4, 0.5) is 10.5 Å². The highest BCUT2D eigenvalue weighted by Gasteiger charge is 2.18. The topological polar surface area (TPSA) is 99.1 Å². The van der Waals surface area contributed by atoms with Gasteiger partial charge < -0.3 is 15.1 Å². The van der Waals surface area contributed by atoms with Crippen molar-refractivity contribution in [1.82, 2.24) is 25.4 Å². The van der Waals surface area contributed by atoms with Crippen molar-refractivity contribution in [2.24, 2.45) is 0 Å². The number of aromatic amines is 1. The molecule has 0 fully saturated rings. The minimum atomic E-state index is -0.284. The zero-order chi connectivity index (χ0) is 19.4. The van der Waals surface area contributed by atoms with Crippen LogP contribution < -0.4 is 10.6 Å². The summed E-state index contributed by atoms with van der Waals surface area (Å²) < 4.78 is 5.69. The van der Waals surface area contributed by atoms with Crippen LogP contribution in [0.1, 0.15) is 23.4 Å². The zero-order valence-electron chi connectivity index (χ0n) is 15.9. The number of nitrogens with zero attached hydrogens (tertiary/aromatic N) is 3. The molecule has 1 atom stereocenters. The second-order valence-electron chi connectivity index (χ2n) is 6.59. The summed E-state index contributed by atoms with van der Waals surface area (Å²) in [6.45, 7) is 4.17. The number of aromatic nitrogens is 3. The summed E-state index contributed by atoms with van der Waals surface area (Å²) in [4.78, 5) is 18.6. The van der Waals surface area contributed by atoms with Crippen molar-refractivity contribution < 1.29 is 9.21 Å². The summed E-state index contributed by atoms with van der Waals surface area (Å²) in [5.74, 6) is 3.00. The Hall–Kier alpha value is -3.13. The SMILES string of the molecule is Cc1nc(-c2cccc(NC(=O)NC[C@@H](c3ccc(C)o3)N(C)C)c2)n[nH]1. The number of amides is 2. The minimum Gasteiger partial charge on any atom is -0.465 e. The van der Waals surface area contributed by atoms with E-state index in [2.05, 4.69) is 25.8 Å². The fourth-order valence-corrected chi connectivity index (χ4v) is 2.74. The van der Waals surface area contributed by atoms with Crippen LogP contribution in [0, 0.1) is 13.8 Å². The van der Waals surface area contributed by atoms with Gasteiger partial charge in [0.05, 0.1) is 6.04 Å². The summed E-state index contributed by atoms with van der Waals surface area (Å²) in [5.41, 5.74) is 1.50. The van der Waals surface area contributed by atoms with Gasteiger partial charge in [0.2, 0.25) is 0 Å². The first-order valence-electron chi connectivity index (χ1n) is 8.69. The van der Waals surface area contributed by atoms with Gasteiger partial charge in [-0.25, -0.2) is 9.78 Å². The lowest BCUT2D eigenvalue weighted by Crippen LogP contribution is -2.36. The van der Waals surface area contributed by atoms with E-state index in [-0.39, 0.29) is 12.1 Å². The monoisotopic (exact) mass is 368 g/mol. The smallest absolute Gasteiger partial charge is 0.319 e. The first kappa shape index (κ1) is 18.7. The number of likely N-dealkylation sites (N-methyl/N-ethyl adjacent to an activating group) is 1. The van der Waals surface area contributed by atoms with Gasteiger partial charge in [-0.1, -0.05) is 12.1 Å². The lowest BCUT2D eigenvalue weighted by molar-refractivity contribution is 0.232. The fraction of sp³-hybridized carbons (Fsp3) is 0.316. The number of furan rings is 1. The van der Waals surface area contributed by atoms with Gasteiger partial charge in [0.15, 0.2) is 5.82 Å². The van der Waals surface area contributed by atoms with Crippen LogP contribution >= 0.6 is 0 Å². The average Bonchev–Trinajstić information content (AvgIpc) is 3.24. The molecule has 27 heavy (non-hydrogen) atoms. The predicted octanol–water partition coefficient (Wildman–Crippen LogP) is 3.11. The van der Waals surface area contributed by atoms with E-state index in [1.54, 1.807) is 0 Å². The van der Waals surface area contributed by atoms with Gasteiger partial charge in [-0.05, 0) is 52.2 Å². The van der Waals surface area contributed by atoms with Crippen molar-refractivity contribution in [3.63, 3.8) is 0 Å². The largest absolute Gasteiger partial charge is 0.465 e. The molecule has 0 aliphatic carbocycles. The lowest BCUT2D eigenvalue weighted by atomic mass is 10.2. The Morgan fingerprint density at radius 3 is 2.70 bits per heavy atom. The summed E-state index contributed by atoms with van der Waals surface area (Å²) in [6, 6.07) is 10.9. The Bertz CT molecular complexity index is 914. The first-order chi connectivity index (χ1) is 12.9. The molecule has 0 saturated carbocycles. The fourth-order valence-electron chi connectivity index (χ4n) is 2.74. The molecule has 3 N–H and O–H groups in total. The number of carbonyl (C=O) groups is 1. The van der Waals surface area contributed by atoms with E-state index in [9.17, 15) is 4.79 Å². The second kappa shape index (κ2) is 8.05. The molecule has 8 heteroatoms. The van der Waals surface area contributed by atoms with Crippen molar-refractivity contribution in [3.8, 4) is 11.4 Å². The van der Waals surface area contributed by atoms with E-state index >= 15 is 0 Å². The van der Waals surface area contributed by atoms with Crippen molar-refractivity contribution in [2.45, 2.75) is 19.9 Å². The second-order valence-corrected chi connectivity index (χ2v) is 6.59. The summed E-state index contributed by atoms with van der Waals surface area (Å²) in [6.07, 6.45) is 0. The highest BCUT2D eigenvalue weighted by atomic mass is 16.3. The van der Waals surface area contributed by atoms with Crippen LogP contribution in [-0.4, -0.2) is 46.8 Å². The van der Waals surface area contributed by atoms with E-state index in [1.165, 1.54) is 0 Å². The summed E-state index contributed by atoms with van der Waals surface area (Å²) in [7, 11) is 3.90. The van der Waals surface area contributed by atoms with Crippen molar-refractivity contribution >= 4 is 11.7 Å². The van der Waals surface area contributed by atoms with Crippen LogP contribution in [0.25, 0.3) is 11.4 Å². The number of benzene rings is 1. The maximum Gasteiger partial charge on any atom is 0.319 e. The van der Waals surface area contributed by atoms with Crippen molar-refractivity contribution in [3.05, 3.63) is 53.7 Å². The first-order valence-corrected chi connectivity index (χ1v) is 8.69. The normalized spacial score (nSPS) is 12.2. The van der Waals surface area contributed by atoms with E-state index in [0.717, 1.165) is 22.9 Å². The molecule has 0 unspecified atom stereocenters. The van der Waals surface area contributed by atoms with Gasteiger partial charge in [0, 0.05) is 17.8 Å². The molecule has 0 aliphatic heterocycles. The third-order valence-electron chi connectivity index (χ3n) is 4.14. The van der Waals surface area contributed by atoms with E-state index < -0.39 is 0 Å². The van der Waals surface area contributed by atoms with Gasteiger partial charge >= 0.3 is 6.03 Å². The lowest BCUT2D eigenvalue weighted by Gasteiger charge is -2.22. The van der Waals surface area contributed by atoms with Crippen LogP contribution in [0.2, 0.25) is 0 Å². The molecule has 0 aliphatic rings. The van der Waals surface area contributed by atoms with Crippen LogP contribution in [0.5, 0.6) is 0 Å². The molecular weight excluding hydrogens is 344 g/mol. The van der Waals surface area contributed by atoms with Crippen molar-refractivity contribution in [2.75, 3.05) is 26.0 Å². The number of hydrogen-bond donors (Lipinski definition) is 3. The third-order valence-corrected chi connectivity index (χ3v) is 4.14. The highest BCUT2D eigenvalue weighted by molar-refractivity contribution is 5.89. The molecule has 2 amide bonds. The zero-order valence-corrected chi connectivity index (χ0v) is 15.9. The predicted molar refractivity (Wildman–Crippen MR) is 103 cm³/mol. The molecule has 8 nitrogen and oxygen atoms in total. The van der Waals surface area contributed by atoms with E-state index in [0.29, 0.717) is 18.1 Å². The molecule has 0 radical (unpaired) electrons. The Balaban J connectivity index is 1.62. The van der Waals surface area contributed by atoms with Gasteiger partial charge in [-0.3, -0.25) is 10.00 Å². The number of H-pyrrole nitrogens is 1.